The van der Waals surface area contributed by atoms with Crippen molar-refractivity contribution in [2.75, 3.05) is 53.5 Å². The molecule has 4 rings (SSSR count). The van der Waals surface area contributed by atoms with E-state index in [1.807, 2.05) is 23.1 Å². The van der Waals surface area contributed by atoms with Crippen LogP contribution in [0, 0.1) is 0 Å². The van der Waals surface area contributed by atoms with Crippen LogP contribution in [0.3, 0.4) is 0 Å². The number of aromatic amines is 1. The van der Waals surface area contributed by atoms with Gasteiger partial charge in [0.1, 0.15) is 10.5 Å². The number of benzene rings is 1. The first kappa shape index (κ1) is 24.0. The Morgan fingerprint density at radius 2 is 1.88 bits per heavy atom. The van der Waals surface area contributed by atoms with Crippen molar-refractivity contribution < 1.29 is 22.7 Å². The van der Waals surface area contributed by atoms with Crippen LogP contribution in [-0.4, -0.2) is 87.0 Å². The Hall–Kier alpha value is -3.15. The topological polar surface area (TPSA) is 117 Å². The van der Waals surface area contributed by atoms with Gasteiger partial charge in [0.15, 0.2) is 11.5 Å². The minimum atomic E-state index is -3.64. The van der Waals surface area contributed by atoms with Gasteiger partial charge in [0.2, 0.25) is 15.9 Å². The van der Waals surface area contributed by atoms with Crippen LogP contribution in [0.1, 0.15) is 5.56 Å². The number of aromatic nitrogens is 2. The van der Waals surface area contributed by atoms with Gasteiger partial charge in [-0.3, -0.25) is 9.69 Å². The molecule has 182 valence electrons. The van der Waals surface area contributed by atoms with Gasteiger partial charge in [-0.25, -0.2) is 13.4 Å². The molecule has 1 aliphatic heterocycles. The number of carbonyl (C=O) groups is 1. The lowest BCUT2D eigenvalue weighted by atomic mass is 10.1. The summed E-state index contributed by atoms with van der Waals surface area (Å²) in [6.45, 7) is 2.36. The van der Waals surface area contributed by atoms with E-state index >= 15 is 0 Å². The number of nitrogens with zero attached hydrogens (tertiary/aromatic N) is 3. The second-order valence-corrected chi connectivity index (χ2v) is 9.93. The van der Waals surface area contributed by atoms with E-state index in [1.165, 1.54) is 10.5 Å². The van der Waals surface area contributed by atoms with Gasteiger partial charge in [-0.2, -0.15) is 4.31 Å². The smallest absolute Gasteiger partial charge is 0.245 e. The van der Waals surface area contributed by atoms with Gasteiger partial charge in [0.25, 0.3) is 0 Å². The maximum Gasteiger partial charge on any atom is 0.245 e. The predicted molar refractivity (Wildman–Crippen MR) is 128 cm³/mol. The summed E-state index contributed by atoms with van der Waals surface area (Å²) in [6, 6.07) is 9.15. The van der Waals surface area contributed by atoms with Crippen LogP contribution in [0.15, 0.2) is 47.6 Å². The molecule has 0 aliphatic carbocycles. The highest BCUT2D eigenvalue weighted by atomic mass is 32.2. The Morgan fingerprint density at radius 3 is 2.62 bits per heavy atom. The highest BCUT2D eigenvalue weighted by Gasteiger charge is 2.31. The van der Waals surface area contributed by atoms with Gasteiger partial charge in [-0.05, 0) is 36.2 Å². The molecule has 1 fully saturated rings. The second-order valence-electron chi connectivity index (χ2n) is 8.02. The Bertz CT molecular complexity index is 1250. The molecule has 0 unspecified atom stereocenters. The fourth-order valence-corrected chi connectivity index (χ4v) is 5.63. The van der Waals surface area contributed by atoms with Gasteiger partial charge < -0.3 is 19.8 Å². The third kappa shape index (κ3) is 5.16. The molecule has 3 heterocycles. The molecule has 11 heteroatoms. The standard InChI is InChI=1S/C23H29N5O5S/c1-32-19-6-5-17(14-20(19)33-2)7-9-24-22(29)16-27-10-12-28(13-11-27)34(30,31)21-15-26-23-18(21)4-3-8-25-23/h3-6,8,14-15H,7,9-13,16H2,1-2H3,(H,24,29)(H,25,26). The largest absolute Gasteiger partial charge is 0.493 e. The molecule has 10 nitrogen and oxygen atoms in total. The maximum atomic E-state index is 13.1. The maximum absolute atomic E-state index is 13.1. The van der Waals surface area contributed by atoms with Crippen LogP contribution in [0.4, 0.5) is 0 Å². The Balaban J connectivity index is 1.25. The minimum absolute atomic E-state index is 0.0838. The number of nitrogens with one attached hydrogen (secondary N) is 2. The van der Waals surface area contributed by atoms with E-state index in [-0.39, 0.29) is 17.3 Å². The molecule has 1 amide bonds. The molecule has 2 aromatic heterocycles. The number of amides is 1. The zero-order valence-electron chi connectivity index (χ0n) is 19.3. The van der Waals surface area contributed by atoms with Crippen LogP contribution >= 0.6 is 0 Å². The average Bonchev–Trinajstić information content (AvgIpc) is 3.29. The van der Waals surface area contributed by atoms with E-state index in [2.05, 4.69) is 15.3 Å². The third-order valence-corrected chi connectivity index (χ3v) is 7.85. The van der Waals surface area contributed by atoms with Crippen molar-refractivity contribution >= 4 is 27.0 Å². The van der Waals surface area contributed by atoms with Crippen LogP contribution in [-0.2, 0) is 21.2 Å². The lowest BCUT2D eigenvalue weighted by Gasteiger charge is -2.33. The first-order chi connectivity index (χ1) is 16.4. The van der Waals surface area contributed by atoms with Crippen LogP contribution in [0.2, 0.25) is 0 Å². The Labute approximate surface area is 198 Å². The van der Waals surface area contributed by atoms with Crippen LogP contribution in [0.25, 0.3) is 11.0 Å². The van der Waals surface area contributed by atoms with E-state index in [0.717, 1.165) is 5.56 Å². The van der Waals surface area contributed by atoms with Crippen molar-refractivity contribution in [1.82, 2.24) is 24.5 Å². The number of carbonyl (C=O) groups excluding carboxylic acids is 1. The van der Waals surface area contributed by atoms with Crippen molar-refractivity contribution in [3.63, 3.8) is 0 Å². The first-order valence-corrected chi connectivity index (χ1v) is 12.5. The summed E-state index contributed by atoms with van der Waals surface area (Å²) in [6.07, 6.45) is 3.77. The second kappa shape index (κ2) is 10.4. The number of piperazine rings is 1. The molecule has 34 heavy (non-hydrogen) atoms. The van der Waals surface area contributed by atoms with E-state index in [1.54, 1.807) is 32.5 Å². The molecule has 0 saturated carbocycles. The van der Waals surface area contributed by atoms with Crippen molar-refractivity contribution in [2.24, 2.45) is 0 Å². The number of rotatable bonds is 9. The van der Waals surface area contributed by atoms with E-state index in [4.69, 9.17) is 9.47 Å². The summed E-state index contributed by atoms with van der Waals surface area (Å²) in [5.74, 6) is 1.24. The van der Waals surface area contributed by atoms with Gasteiger partial charge in [0.05, 0.1) is 20.8 Å². The van der Waals surface area contributed by atoms with Crippen LogP contribution in [0.5, 0.6) is 11.5 Å². The quantitative estimate of drug-likeness (QED) is 0.466. The molecular formula is C23H29N5O5S. The van der Waals surface area contributed by atoms with Gasteiger partial charge in [0, 0.05) is 50.5 Å². The monoisotopic (exact) mass is 487 g/mol. The number of hydrogen-bond donors (Lipinski definition) is 2. The zero-order valence-corrected chi connectivity index (χ0v) is 20.1. The third-order valence-electron chi connectivity index (χ3n) is 5.91. The number of fused-ring (bicyclic) bond motifs is 1. The fraction of sp³-hybridized carbons (Fsp3) is 0.391. The van der Waals surface area contributed by atoms with E-state index in [0.29, 0.717) is 61.7 Å². The Morgan fingerprint density at radius 1 is 1.12 bits per heavy atom. The summed E-state index contributed by atoms with van der Waals surface area (Å²) in [5.41, 5.74) is 1.58. The number of pyridine rings is 1. The number of methoxy groups -OCH3 is 2. The zero-order chi connectivity index (χ0) is 24.1. The number of hydrogen-bond acceptors (Lipinski definition) is 7. The lowest BCUT2D eigenvalue weighted by Crippen LogP contribution is -2.51. The lowest BCUT2D eigenvalue weighted by molar-refractivity contribution is -0.122. The molecule has 2 N–H and O–H groups in total. The number of sulfonamides is 1. The molecule has 0 radical (unpaired) electrons. The number of ether oxygens (including phenoxy) is 2. The molecule has 1 aromatic carbocycles. The highest BCUT2D eigenvalue weighted by molar-refractivity contribution is 7.89. The van der Waals surface area contributed by atoms with Crippen molar-refractivity contribution in [2.45, 2.75) is 11.3 Å². The van der Waals surface area contributed by atoms with E-state index in [9.17, 15) is 13.2 Å². The highest BCUT2D eigenvalue weighted by Crippen LogP contribution is 2.28. The van der Waals surface area contributed by atoms with Gasteiger partial charge in [-0.15, -0.1) is 0 Å². The van der Waals surface area contributed by atoms with Crippen LogP contribution < -0.4 is 14.8 Å². The summed E-state index contributed by atoms with van der Waals surface area (Å²) in [4.78, 5) is 21.7. The van der Waals surface area contributed by atoms with Gasteiger partial charge in [-0.1, -0.05) is 6.07 Å². The van der Waals surface area contributed by atoms with E-state index < -0.39 is 10.0 Å². The molecular weight excluding hydrogens is 458 g/mol. The summed E-state index contributed by atoms with van der Waals surface area (Å²) in [5, 5.41) is 3.52. The fourth-order valence-electron chi connectivity index (χ4n) is 4.05. The summed E-state index contributed by atoms with van der Waals surface area (Å²) < 4.78 is 38.3. The first-order valence-electron chi connectivity index (χ1n) is 11.0. The van der Waals surface area contributed by atoms with Crippen molar-refractivity contribution in [1.29, 1.82) is 0 Å². The molecule has 0 atom stereocenters. The SMILES string of the molecule is COc1ccc(CCNC(=O)CN2CCN(S(=O)(=O)c3c[nH]c4ncccc34)CC2)cc1OC. The normalized spacial score (nSPS) is 15.4. The molecule has 0 spiro atoms. The average molecular weight is 488 g/mol. The summed E-state index contributed by atoms with van der Waals surface area (Å²) in [7, 11) is -0.458. The van der Waals surface area contributed by atoms with Gasteiger partial charge >= 0.3 is 0 Å². The van der Waals surface area contributed by atoms with Crippen molar-refractivity contribution in [3.8, 4) is 11.5 Å². The molecule has 1 saturated heterocycles. The Kier molecular flexibility index (Phi) is 7.35. The van der Waals surface area contributed by atoms with Crippen molar-refractivity contribution in [3.05, 3.63) is 48.3 Å². The minimum Gasteiger partial charge on any atom is -0.493 e. The molecule has 0 bridgehead atoms. The summed E-state index contributed by atoms with van der Waals surface area (Å²) >= 11 is 0. The predicted octanol–water partition coefficient (Wildman–Crippen LogP) is 1.25. The molecule has 1 aliphatic rings. The number of H-pyrrole nitrogens is 1. The molecule has 3 aromatic rings.